The average Bonchev–Trinajstić information content (AvgIpc) is 2.78. The summed E-state index contributed by atoms with van der Waals surface area (Å²) in [5, 5.41) is 11.6. The minimum atomic E-state index is 0.149. The molecule has 0 amide bonds. The molecule has 5 nitrogen and oxygen atoms in total. The number of ether oxygens (including phenoxy) is 1. The van der Waals surface area contributed by atoms with Crippen LogP contribution in [-0.2, 0) is 11.3 Å². The summed E-state index contributed by atoms with van der Waals surface area (Å²) in [5.74, 6) is 0.149. The molecule has 2 aliphatic heterocycles. The van der Waals surface area contributed by atoms with Crippen molar-refractivity contribution >= 4 is 5.84 Å². The van der Waals surface area contributed by atoms with Gasteiger partial charge in [0.1, 0.15) is 0 Å². The Hall–Kier alpha value is -1.59. The van der Waals surface area contributed by atoms with Crippen LogP contribution in [0, 0.1) is 0 Å². The molecule has 2 heterocycles. The van der Waals surface area contributed by atoms with Crippen molar-refractivity contribution in [2.75, 3.05) is 13.1 Å². The lowest BCUT2D eigenvalue weighted by atomic mass is 10.1. The second-order valence-corrected chi connectivity index (χ2v) is 5.33. The van der Waals surface area contributed by atoms with Gasteiger partial charge in [-0.25, -0.2) is 0 Å². The normalized spacial score (nSPS) is 27.7. The fourth-order valence-electron chi connectivity index (χ4n) is 2.93. The summed E-state index contributed by atoms with van der Waals surface area (Å²) in [5.41, 5.74) is 7.54. The molecular formula is C14H19N3O2. The first-order valence-electron chi connectivity index (χ1n) is 6.69. The van der Waals surface area contributed by atoms with Crippen molar-refractivity contribution in [3.63, 3.8) is 0 Å². The molecule has 2 atom stereocenters. The standard InChI is InChI=1S/C14H19N3O2/c15-14(16-18)11-3-1-10(2-4-11)7-17-8-12-5-6-13(9-17)19-12/h1-4,12-13,18H,5-9H2,(H2,15,16). The van der Waals surface area contributed by atoms with Crippen LogP contribution in [0.3, 0.4) is 0 Å². The summed E-state index contributed by atoms with van der Waals surface area (Å²) in [6.45, 7) is 2.99. The summed E-state index contributed by atoms with van der Waals surface area (Å²) in [6.07, 6.45) is 3.25. The van der Waals surface area contributed by atoms with E-state index in [1.165, 1.54) is 18.4 Å². The van der Waals surface area contributed by atoms with Gasteiger partial charge in [0.2, 0.25) is 0 Å². The number of amidine groups is 1. The number of morpholine rings is 1. The van der Waals surface area contributed by atoms with Crippen molar-refractivity contribution in [2.45, 2.75) is 31.6 Å². The van der Waals surface area contributed by atoms with Crippen LogP contribution in [0.5, 0.6) is 0 Å². The van der Waals surface area contributed by atoms with Gasteiger partial charge in [-0.15, -0.1) is 0 Å². The zero-order chi connectivity index (χ0) is 13.2. The van der Waals surface area contributed by atoms with Crippen LogP contribution >= 0.6 is 0 Å². The number of hydrogen-bond donors (Lipinski definition) is 2. The molecule has 2 aliphatic rings. The van der Waals surface area contributed by atoms with E-state index in [-0.39, 0.29) is 5.84 Å². The molecule has 102 valence electrons. The third-order valence-electron chi connectivity index (χ3n) is 3.88. The lowest BCUT2D eigenvalue weighted by Gasteiger charge is -2.32. The number of nitrogens with zero attached hydrogens (tertiary/aromatic N) is 2. The Bertz CT molecular complexity index is 460. The Balaban J connectivity index is 1.64. The van der Waals surface area contributed by atoms with Gasteiger partial charge in [0.15, 0.2) is 5.84 Å². The second-order valence-electron chi connectivity index (χ2n) is 5.33. The first-order valence-corrected chi connectivity index (χ1v) is 6.69. The van der Waals surface area contributed by atoms with E-state index >= 15 is 0 Å². The van der Waals surface area contributed by atoms with Gasteiger partial charge in [0.05, 0.1) is 12.2 Å². The monoisotopic (exact) mass is 261 g/mol. The van der Waals surface area contributed by atoms with Crippen molar-refractivity contribution < 1.29 is 9.94 Å². The Morgan fingerprint density at radius 2 is 1.89 bits per heavy atom. The summed E-state index contributed by atoms with van der Waals surface area (Å²) < 4.78 is 5.83. The average molecular weight is 261 g/mol. The molecule has 2 fully saturated rings. The predicted molar refractivity (Wildman–Crippen MR) is 72.1 cm³/mol. The molecule has 1 aromatic rings. The topological polar surface area (TPSA) is 71.1 Å². The summed E-state index contributed by atoms with van der Waals surface area (Å²) in [7, 11) is 0. The summed E-state index contributed by atoms with van der Waals surface area (Å²) in [4.78, 5) is 2.45. The van der Waals surface area contributed by atoms with E-state index in [9.17, 15) is 0 Å². The molecule has 0 radical (unpaired) electrons. The lowest BCUT2D eigenvalue weighted by Crippen LogP contribution is -2.41. The fourth-order valence-corrected chi connectivity index (χ4v) is 2.93. The van der Waals surface area contributed by atoms with Gasteiger partial charge < -0.3 is 15.7 Å². The first-order chi connectivity index (χ1) is 9.24. The van der Waals surface area contributed by atoms with Crippen molar-refractivity contribution in [2.24, 2.45) is 10.9 Å². The quantitative estimate of drug-likeness (QED) is 0.370. The van der Waals surface area contributed by atoms with E-state index in [1.807, 2.05) is 24.3 Å². The van der Waals surface area contributed by atoms with Crippen LogP contribution < -0.4 is 5.73 Å². The molecule has 0 aromatic heterocycles. The van der Waals surface area contributed by atoms with E-state index in [0.29, 0.717) is 12.2 Å². The number of nitrogens with two attached hydrogens (primary N) is 1. The number of benzene rings is 1. The van der Waals surface area contributed by atoms with E-state index in [4.69, 9.17) is 15.7 Å². The maximum atomic E-state index is 8.62. The summed E-state index contributed by atoms with van der Waals surface area (Å²) in [6, 6.07) is 7.84. The summed E-state index contributed by atoms with van der Waals surface area (Å²) >= 11 is 0. The molecule has 3 N–H and O–H groups in total. The van der Waals surface area contributed by atoms with Crippen molar-refractivity contribution in [1.82, 2.24) is 4.90 Å². The highest BCUT2D eigenvalue weighted by atomic mass is 16.5. The maximum absolute atomic E-state index is 8.62. The molecule has 0 spiro atoms. The number of oxime groups is 1. The molecule has 5 heteroatoms. The van der Waals surface area contributed by atoms with Crippen molar-refractivity contribution in [3.8, 4) is 0 Å². The predicted octanol–water partition coefficient (Wildman–Crippen LogP) is 1.14. The largest absolute Gasteiger partial charge is 0.409 e. The smallest absolute Gasteiger partial charge is 0.170 e. The molecule has 2 bridgehead atoms. The zero-order valence-corrected chi connectivity index (χ0v) is 10.8. The van der Waals surface area contributed by atoms with Gasteiger partial charge >= 0.3 is 0 Å². The van der Waals surface area contributed by atoms with Crippen LogP contribution in [-0.4, -0.2) is 41.2 Å². The molecule has 1 aromatic carbocycles. The van der Waals surface area contributed by atoms with Crippen molar-refractivity contribution in [1.29, 1.82) is 0 Å². The van der Waals surface area contributed by atoms with Crippen LogP contribution in [0.15, 0.2) is 29.4 Å². The SMILES string of the molecule is NC(=NO)c1ccc(CN2CC3CCC(C2)O3)cc1. The van der Waals surface area contributed by atoms with E-state index in [1.54, 1.807) is 0 Å². The molecule has 2 unspecified atom stereocenters. The molecule has 2 saturated heterocycles. The Morgan fingerprint density at radius 3 is 2.47 bits per heavy atom. The number of rotatable bonds is 3. The van der Waals surface area contributed by atoms with Gasteiger partial charge in [-0.1, -0.05) is 29.4 Å². The van der Waals surface area contributed by atoms with Crippen LogP contribution in [0.4, 0.5) is 0 Å². The first kappa shape index (κ1) is 12.4. The third-order valence-corrected chi connectivity index (χ3v) is 3.88. The van der Waals surface area contributed by atoms with Crippen LogP contribution in [0.25, 0.3) is 0 Å². The number of fused-ring (bicyclic) bond motifs is 2. The van der Waals surface area contributed by atoms with Gasteiger partial charge in [0.25, 0.3) is 0 Å². The molecular weight excluding hydrogens is 242 g/mol. The van der Waals surface area contributed by atoms with Gasteiger partial charge in [0, 0.05) is 25.2 Å². The minimum Gasteiger partial charge on any atom is -0.409 e. The van der Waals surface area contributed by atoms with Crippen LogP contribution in [0.1, 0.15) is 24.0 Å². The highest BCUT2D eigenvalue weighted by Crippen LogP contribution is 2.27. The molecule has 0 saturated carbocycles. The minimum absolute atomic E-state index is 0.149. The number of hydrogen-bond acceptors (Lipinski definition) is 4. The highest BCUT2D eigenvalue weighted by Gasteiger charge is 2.33. The molecule has 0 aliphatic carbocycles. The van der Waals surface area contributed by atoms with E-state index in [0.717, 1.165) is 25.2 Å². The Morgan fingerprint density at radius 1 is 1.26 bits per heavy atom. The Labute approximate surface area is 112 Å². The van der Waals surface area contributed by atoms with Gasteiger partial charge in [-0.2, -0.15) is 0 Å². The Kier molecular flexibility index (Phi) is 3.40. The highest BCUT2D eigenvalue weighted by molar-refractivity contribution is 5.96. The number of likely N-dealkylation sites (tertiary alicyclic amines) is 1. The maximum Gasteiger partial charge on any atom is 0.170 e. The second kappa shape index (κ2) is 5.19. The zero-order valence-electron chi connectivity index (χ0n) is 10.8. The molecule has 19 heavy (non-hydrogen) atoms. The third kappa shape index (κ3) is 2.72. The van der Waals surface area contributed by atoms with E-state index in [2.05, 4.69) is 10.1 Å². The van der Waals surface area contributed by atoms with E-state index < -0.39 is 0 Å². The fraction of sp³-hybridized carbons (Fsp3) is 0.500. The lowest BCUT2D eigenvalue weighted by molar-refractivity contribution is -0.0410. The van der Waals surface area contributed by atoms with Gasteiger partial charge in [-0.3, -0.25) is 4.90 Å². The van der Waals surface area contributed by atoms with Gasteiger partial charge in [-0.05, 0) is 18.4 Å². The van der Waals surface area contributed by atoms with Crippen LogP contribution in [0.2, 0.25) is 0 Å². The van der Waals surface area contributed by atoms with Crippen molar-refractivity contribution in [3.05, 3.63) is 35.4 Å². The molecule has 3 rings (SSSR count).